The van der Waals surface area contributed by atoms with E-state index in [0.717, 1.165) is 19.3 Å². The van der Waals surface area contributed by atoms with E-state index in [-0.39, 0.29) is 22.9 Å². The van der Waals surface area contributed by atoms with Gasteiger partial charge in [-0.05, 0) is 86.6 Å². The number of halogens is 1. The van der Waals surface area contributed by atoms with Crippen molar-refractivity contribution in [1.29, 1.82) is 0 Å². The zero-order valence-electron chi connectivity index (χ0n) is 15.2. The Morgan fingerprint density at radius 2 is 1.56 bits per heavy atom. The molecule has 0 N–H and O–H groups in total. The lowest BCUT2D eigenvalue weighted by molar-refractivity contribution is -0.143. The predicted octanol–water partition coefficient (Wildman–Crippen LogP) is 3.69. The summed E-state index contributed by atoms with van der Waals surface area (Å²) >= 11 is 0. The average molecular weight is 389 g/mol. The quantitative estimate of drug-likeness (QED) is 0.792. The van der Waals surface area contributed by atoms with Crippen LogP contribution >= 0.6 is 0 Å². The van der Waals surface area contributed by atoms with Gasteiger partial charge in [-0.2, -0.15) is 0 Å². The number of nitrogens with zero attached hydrogens (tertiary/aromatic N) is 1. The molecule has 1 heterocycles. The molecule has 0 aromatic heterocycles. The first-order valence-electron chi connectivity index (χ1n) is 9.84. The highest BCUT2D eigenvalue weighted by molar-refractivity contribution is 7.94. The summed E-state index contributed by atoms with van der Waals surface area (Å²) in [6.45, 7) is 0. The zero-order valence-corrected chi connectivity index (χ0v) is 16.0. The van der Waals surface area contributed by atoms with Gasteiger partial charge in [-0.15, -0.1) is 0 Å². The molecule has 5 aliphatic rings. The van der Waals surface area contributed by atoms with Crippen LogP contribution < -0.4 is 4.90 Å². The first-order chi connectivity index (χ1) is 12.8. The van der Waals surface area contributed by atoms with Crippen LogP contribution in [0, 0.1) is 29.0 Å². The van der Waals surface area contributed by atoms with Crippen LogP contribution in [0.4, 0.5) is 10.1 Å². The Morgan fingerprint density at radius 1 is 1.00 bits per heavy atom. The minimum Gasteiger partial charge on any atom is -0.304 e. The van der Waals surface area contributed by atoms with Gasteiger partial charge in [-0.1, -0.05) is 0 Å². The first kappa shape index (κ1) is 17.4. The van der Waals surface area contributed by atoms with Crippen molar-refractivity contribution in [2.75, 3.05) is 10.7 Å². The van der Waals surface area contributed by atoms with Gasteiger partial charge < -0.3 is 4.90 Å². The van der Waals surface area contributed by atoms with Gasteiger partial charge in [-0.25, -0.2) is 12.8 Å². The highest BCUT2D eigenvalue weighted by atomic mass is 32.2. The highest BCUT2D eigenvalue weighted by Crippen LogP contribution is 2.60. The van der Waals surface area contributed by atoms with E-state index >= 15 is 0 Å². The van der Waals surface area contributed by atoms with Gasteiger partial charge in [0, 0.05) is 11.1 Å². The molecule has 1 aromatic carbocycles. The van der Waals surface area contributed by atoms with Crippen molar-refractivity contribution in [2.45, 2.75) is 44.6 Å². The molecule has 4 aliphatic carbocycles. The zero-order chi connectivity index (χ0) is 18.8. The highest BCUT2D eigenvalue weighted by Gasteiger charge is 2.56. The van der Waals surface area contributed by atoms with Crippen LogP contribution in [0.3, 0.4) is 0 Å². The molecular weight excluding hydrogens is 365 g/mol. The van der Waals surface area contributed by atoms with Gasteiger partial charge in [0.05, 0.1) is 17.2 Å². The average Bonchev–Trinajstić information content (AvgIpc) is 2.95. The number of rotatable bonds is 3. The topological polar surface area (TPSA) is 54.5 Å². The molecule has 0 spiro atoms. The van der Waals surface area contributed by atoms with Crippen molar-refractivity contribution in [3.05, 3.63) is 41.6 Å². The summed E-state index contributed by atoms with van der Waals surface area (Å²) in [5, 5.41) is 1.21. The predicted molar refractivity (Wildman–Crippen MR) is 101 cm³/mol. The molecule has 6 rings (SSSR count). The van der Waals surface area contributed by atoms with E-state index in [9.17, 15) is 17.6 Å². The van der Waals surface area contributed by atoms with Crippen LogP contribution in [0.15, 0.2) is 35.7 Å². The van der Waals surface area contributed by atoms with E-state index in [0.29, 0.717) is 23.4 Å². The number of carbonyl (C=O) groups excluding carboxylic acids is 1. The lowest BCUT2D eigenvalue weighted by Crippen LogP contribution is -2.57. The van der Waals surface area contributed by atoms with Crippen molar-refractivity contribution in [3.63, 3.8) is 0 Å². The van der Waals surface area contributed by atoms with Gasteiger partial charge in [-0.3, -0.25) is 4.79 Å². The summed E-state index contributed by atoms with van der Waals surface area (Å²) in [5.41, 5.74) is 0.215. The maximum Gasteiger partial charge on any atom is 0.233 e. The van der Waals surface area contributed by atoms with E-state index < -0.39 is 15.9 Å². The number of benzene rings is 1. The van der Waals surface area contributed by atoms with Crippen LogP contribution in [-0.2, 0) is 14.6 Å². The Kier molecular flexibility index (Phi) is 3.81. The third-order valence-corrected chi connectivity index (χ3v) is 8.44. The molecular formula is C21H24FNO3S. The molecule has 1 aliphatic heterocycles. The van der Waals surface area contributed by atoms with Crippen LogP contribution in [-0.4, -0.2) is 26.1 Å². The summed E-state index contributed by atoms with van der Waals surface area (Å²) in [4.78, 5) is 15.5. The summed E-state index contributed by atoms with van der Waals surface area (Å²) < 4.78 is 37.5. The number of sulfone groups is 1. The Morgan fingerprint density at radius 3 is 2.04 bits per heavy atom. The molecule has 4 nitrogen and oxygen atoms in total. The van der Waals surface area contributed by atoms with E-state index in [1.165, 1.54) is 36.8 Å². The first-order valence-corrected chi connectivity index (χ1v) is 11.6. The fourth-order valence-electron chi connectivity index (χ4n) is 6.41. The van der Waals surface area contributed by atoms with Gasteiger partial charge >= 0.3 is 0 Å². The summed E-state index contributed by atoms with van der Waals surface area (Å²) in [5.74, 6) is 1.45. The normalized spacial score (nSPS) is 38.3. The molecule has 0 saturated heterocycles. The Labute approximate surface area is 159 Å². The second-order valence-electron chi connectivity index (χ2n) is 9.07. The number of hydrogen-bond donors (Lipinski definition) is 0. The molecule has 1 aromatic rings. The maximum absolute atomic E-state index is 13.9. The molecule has 4 fully saturated rings. The van der Waals surface area contributed by atoms with Crippen LogP contribution in [0.25, 0.3) is 0 Å². The van der Waals surface area contributed by atoms with E-state index in [1.54, 1.807) is 23.1 Å². The van der Waals surface area contributed by atoms with Gasteiger partial charge in [0.15, 0.2) is 9.84 Å². The van der Waals surface area contributed by atoms with Crippen LogP contribution in [0.2, 0.25) is 0 Å². The van der Waals surface area contributed by atoms with Crippen molar-refractivity contribution >= 4 is 21.4 Å². The largest absolute Gasteiger partial charge is 0.304 e. The summed E-state index contributed by atoms with van der Waals surface area (Å²) in [7, 11) is -3.29. The van der Waals surface area contributed by atoms with E-state index in [2.05, 4.69) is 0 Å². The molecule has 144 valence electrons. The number of anilines is 1. The van der Waals surface area contributed by atoms with Crippen molar-refractivity contribution < 1.29 is 17.6 Å². The molecule has 1 atom stereocenters. The second-order valence-corrected chi connectivity index (χ2v) is 11.0. The fourth-order valence-corrected chi connectivity index (χ4v) is 7.68. The smallest absolute Gasteiger partial charge is 0.233 e. The standard InChI is InChI=1S/C21H24FNO3S/c22-17-1-3-18(4-2-17)23(19-5-6-27(25,26)13-19)20(24)21-10-14-7-15(11-21)9-16(8-14)12-21/h1-6,14-16,19H,7-13H2/t14?,15?,16?,19-,21?/m0/s1. The SMILES string of the molecule is O=C(N(c1ccc(F)cc1)[C@H]1C=CS(=O)(=O)C1)C12CC3CC(CC(C3)C1)C2. The molecule has 6 heteroatoms. The summed E-state index contributed by atoms with van der Waals surface area (Å²) in [6, 6.07) is 5.34. The number of amides is 1. The molecule has 4 saturated carbocycles. The summed E-state index contributed by atoms with van der Waals surface area (Å²) in [6.07, 6.45) is 8.07. The number of carbonyl (C=O) groups is 1. The monoisotopic (exact) mass is 389 g/mol. The van der Waals surface area contributed by atoms with Gasteiger partial charge in [0.1, 0.15) is 5.82 Å². The minimum atomic E-state index is -3.29. The van der Waals surface area contributed by atoms with Crippen LogP contribution in [0.1, 0.15) is 38.5 Å². The van der Waals surface area contributed by atoms with E-state index in [4.69, 9.17) is 0 Å². The lowest BCUT2D eigenvalue weighted by atomic mass is 9.49. The molecule has 27 heavy (non-hydrogen) atoms. The molecule has 4 bridgehead atoms. The lowest BCUT2D eigenvalue weighted by Gasteiger charge is -2.57. The van der Waals surface area contributed by atoms with Gasteiger partial charge in [0.25, 0.3) is 0 Å². The molecule has 0 unspecified atom stereocenters. The van der Waals surface area contributed by atoms with Crippen molar-refractivity contribution in [3.8, 4) is 0 Å². The van der Waals surface area contributed by atoms with Crippen LogP contribution in [0.5, 0.6) is 0 Å². The number of hydrogen-bond acceptors (Lipinski definition) is 3. The Bertz CT molecular complexity index is 871. The molecule has 0 radical (unpaired) electrons. The van der Waals surface area contributed by atoms with E-state index in [1.807, 2.05) is 0 Å². The Balaban J connectivity index is 1.53. The maximum atomic E-state index is 13.9. The third kappa shape index (κ3) is 2.93. The molecule has 1 amide bonds. The third-order valence-electron chi connectivity index (χ3n) is 7.06. The van der Waals surface area contributed by atoms with Gasteiger partial charge in [0.2, 0.25) is 5.91 Å². The fraction of sp³-hybridized carbons (Fsp3) is 0.571. The Hall–Kier alpha value is -1.69. The van der Waals surface area contributed by atoms with Crippen molar-refractivity contribution in [2.24, 2.45) is 23.2 Å². The second kappa shape index (κ2) is 5.90. The van der Waals surface area contributed by atoms with Crippen molar-refractivity contribution in [1.82, 2.24) is 0 Å². The minimum absolute atomic E-state index is 0.0416.